The molecular weight excluding hydrogens is 280 g/mol. The molecule has 116 valence electrons. The number of amides is 2. The second-order valence-corrected chi connectivity index (χ2v) is 4.88. The van der Waals surface area contributed by atoms with Crippen molar-refractivity contribution in [3.05, 3.63) is 48.4 Å². The summed E-state index contributed by atoms with van der Waals surface area (Å²) in [6.07, 6.45) is 1.66. The number of carbonyl (C=O) groups excluding carboxylic acids is 1. The van der Waals surface area contributed by atoms with Crippen LogP contribution in [0.2, 0.25) is 0 Å². The fourth-order valence-electron chi connectivity index (χ4n) is 1.94. The van der Waals surface area contributed by atoms with Crippen LogP contribution >= 0.6 is 0 Å². The van der Waals surface area contributed by atoms with Crippen molar-refractivity contribution in [2.45, 2.75) is 20.4 Å². The second kappa shape index (κ2) is 7.40. The molecule has 0 atom stereocenters. The van der Waals surface area contributed by atoms with Gasteiger partial charge in [-0.05, 0) is 13.8 Å². The van der Waals surface area contributed by atoms with E-state index in [1.54, 1.807) is 11.0 Å². The van der Waals surface area contributed by atoms with Crippen LogP contribution in [-0.4, -0.2) is 34.2 Å². The topological polar surface area (TPSA) is 71.3 Å². The molecule has 1 aromatic heterocycles. The summed E-state index contributed by atoms with van der Waals surface area (Å²) in [7, 11) is 0. The van der Waals surface area contributed by atoms with Gasteiger partial charge < -0.3 is 14.7 Å². The van der Waals surface area contributed by atoms with Crippen LogP contribution < -0.4 is 5.32 Å². The summed E-state index contributed by atoms with van der Waals surface area (Å²) in [5.41, 5.74) is 2.05. The van der Waals surface area contributed by atoms with Gasteiger partial charge in [-0.3, -0.25) is 0 Å². The Morgan fingerprint density at radius 2 is 2.14 bits per heavy atom. The minimum Gasteiger partial charge on any atom is -0.338 e. The molecule has 0 aliphatic rings. The number of nitrogens with one attached hydrogen (secondary N) is 1. The smallest absolute Gasteiger partial charge is 0.318 e. The van der Waals surface area contributed by atoms with Crippen LogP contribution in [0, 0.1) is 6.92 Å². The van der Waals surface area contributed by atoms with Gasteiger partial charge in [0.2, 0.25) is 11.7 Å². The van der Waals surface area contributed by atoms with E-state index in [0.717, 1.165) is 5.56 Å². The first-order chi connectivity index (χ1) is 10.6. The highest BCUT2D eigenvalue weighted by molar-refractivity contribution is 5.74. The van der Waals surface area contributed by atoms with Crippen LogP contribution in [0.5, 0.6) is 0 Å². The molecule has 0 saturated heterocycles. The van der Waals surface area contributed by atoms with Gasteiger partial charge in [0, 0.05) is 18.7 Å². The monoisotopic (exact) mass is 300 g/mol. The summed E-state index contributed by atoms with van der Waals surface area (Å²) in [5, 5.41) is 6.71. The largest absolute Gasteiger partial charge is 0.338 e. The van der Waals surface area contributed by atoms with Crippen molar-refractivity contribution in [3.8, 4) is 11.4 Å². The second-order valence-electron chi connectivity index (χ2n) is 4.88. The molecule has 2 amide bonds. The maximum Gasteiger partial charge on any atom is 0.318 e. The van der Waals surface area contributed by atoms with Crippen molar-refractivity contribution in [1.29, 1.82) is 0 Å². The summed E-state index contributed by atoms with van der Waals surface area (Å²) in [5.74, 6) is 0.910. The van der Waals surface area contributed by atoms with Gasteiger partial charge in [-0.15, -0.1) is 6.58 Å². The lowest BCUT2D eigenvalue weighted by atomic mass is 10.1. The predicted octanol–water partition coefficient (Wildman–Crippen LogP) is 2.76. The number of hydrogen-bond donors (Lipinski definition) is 1. The highest BCUT2D eigenvalue weighted by Crippen LogP contribution is 2.17. The van der Waals surface area contributed by atoms with E-state index in [0.29, 0.717) is 24.8 Å². The van der Waals surface area contributed by atoms with Gasteiger partial charge in [-0.25, -0.2) is 4.79 Å². The molecule has 2 rings (SSSR count). The van der Waals surface area contributed by atoms with Crippen LogP contribution in [0.1, 0.15) is 18.4 Å². The number of urea groups is 1. The molecule has 0 aliphatic carbocycles. The van der Waals surface area contributed by atoms with Gasteiger partial charge in [-0.1, -0.05) is 41.1 Å². The average Bonchev–Trinajstić information content (AvgIpc) is 2.96. The first-order valence-corrected chi connectivity index (χ1v) is 7.17. The number of carbonyl (C=O) groups is 1. The van der Waals surface area contributed by atoms with Crippen LogP contribution in [0.4, 0.5) is 4.79 Å². The Morgan fingerprint density at radius 3 is 2.77 bits per heavy atom. The number of aromatic nitrogens is 2. The maximum atomic E-state index is 11.9. The lowest BCUT2D eigenvalue weighted by molar-refractivity contribution is 0.193. The Morgan fingerprint density at radius 1 is 1.41 bits per heavy atom. The Labute approximate surface area is 129 Å². The van der Waals surface area contributed by atoms with Crippen molar-refractivity contribution in [2.24, 2.45) is 0 Å². The van der Waals surface area contributed by atoms with Gasteiger partial charge in [0.25, 0.3) is 0 Å². The maximum absolute atomic E-state index is 11.9. The van der Waals surface area contributed by atoms with E-state index in [1.165, 1.54) is 5.56 Å². The van der Waals surface area contributed by atoms with E-state index in [2.05, 4.69) is 22.0 Å². The van der Waals surface area contributed by atoms with Gasteiger partial charge in [0.1, 0.15) is 6.54 Å². The summed E-state index contributed by atoms with van der Waals surface area (Å²) >= 11 is 0. The molecule has 1 heterocycles. The van der Waals surface area contributed by atoms with Gasteiger partial charge in [-0.2, -0.15) is 4.98 Å². The lowest BCUT2D eigenvalue weighted by Crippen LogP contribution is -2.39. The molecule has 0 spiro atoms. The molecule has 1 aromatic carbocycles. The Bertz CT molecular complexity index is 634. The fourth-order valence-corrected chi connectivity index (χ4v) is 1.94. The standard InChI is InChI=1S/C16H20N4O2/c1-4-10-20(16(21)17-5-2)11-14-18-15(19-22-14)13-8-6-12(3)7-9-13/h4,6-9H,1,5,10-11H2,2-3H3,(H,17,21). The average molecular weight is 300 g/mol. The van der Waals surface area contributed by atoms with Crippen molar-refractivity contribution in [1.82, 2.24) is 20.4 Å². The number of aryl methyl sites for hydroxylation is 1. The summed E-state index contributed by atoms with van der Waals surface area (Å²) < 4.78 is 5.24. The molecule has 1 N–H and O–H groups in total. The molecule has 0 saturated carbocycles. The molecule has 6 heteroatoms. The zero-order valence-corrected chi connectivity index (χ0v) is 12.9. The number of benzene rings is 1. The Hall–Kier alpha value is -2.63. The molecule has 0 radical (unpaired) electrons. The van der Waals surface area contributed by atoms with E-state index in [4.69, 9.17) is 4.52 Å². The van der Waals surface area contributed by atoms with E-state index >= 15 is 0 Å². The minimum atomic E-state index is -0.183. The normalized spacial score (nSPS) is 10.3. The predicted molar refractivity (Wildman–Crippen MR) is 84.2 cm³/mol. The van der Waals surface area contributed by atoms with Crippen LogP contribution in [-0.2, 0) is 6.54 Å². The molecule has 0 aliphatic heterocycles. The Balaban J connectivity index is 2.11. The van der Waals surface area contributed by atoms with Crippen molar-refractivity contribution >= 4 is 6.03 Å². The summed E-state index contributed by atoms with van der Waals surface area (Å²) in [6, 6.07) is 7.68. The zero-order valence-electron chi connectivity index (χ0n) is 12.9. The van der Waals surface area contributed by atoms with E-state index in [9.17, 15) is 4.79 Å². The lowest BCUT2D eigenvalue weighted by Gasteiger charge is -2.18. The first-order valence-electron chi connectivity index (χ1n) is 7.17. The van der Waals surface area contributed by atoms with E-state index < -0.39 is 0 Å². The fraction of sp³-hybridized carbons (Fsp3) is 0.312. The molecule has 0 fully saturated rings. The van der Waals surface area contributed by atoms with Crippen LogP contribution in [0.15, 0.2) is 41.4 Å². The number of rotatable bonds is 6. The van der Waals surface area contributed by atoms with E-state index in [-0.39, 0.29) is 12.6 Å². The molecule has 2 aromatic rings. The molecule has 22 heavy (non-hydrogen) atoms. The SMILES string of the molecule is C=CCN(Cc1nc(-c2ccc(C)cc2)no1)C(=O)NCC. The molecule has 6 nitrogen and oxygen atoms in total. The molecular formula is C16H20N4O2. The third-order valence-corrected chi connectivity index (χ3v) is 3.07. The summed E-state index contributed by atoms with van der Waals surface area (Å²) in [6.45, 7) is 8.76. The van der Waals surface area contributed by atoms with Gasteiger partial charge >= 0.3 is 6.03 Å². The van der Waals surface area contributed by atoms with Crippen LogP contribution in [0.25, 0.3) is 11.4 Å². The zero-order chi connectivity index (χ0) is 15.9. The van der Waals surface area contributed by atoms with Crippen LogP contribution in [0.3, 0.4) is 0 Å². The summed E-state index contributed by atoms with van der Waals surface area (Å²) in [4.78, 5) is 17.8. The van der Waals surface area contributed by atoms with E-state index in [1.807, 2.05) is 38.1 Å². The third-order valence-electron chi connectivity index (χ3n) is 3.07. The van der Waals surface area contributed by atoms with Crippen molar-refractivity contribution < 1.29 is 9.32 Å². The van der Waals surface area contributed by atoms with Gasteiger partial charge in [0.15, 0.2) is 0 Å². The molecule has 0 unspecified atom stereocenters. The third kappa shape index (κ3) is 3.94. The van der Waals surface area contributed by atoms with Crippen molar-refractivity contribution in [2.75, 3.05) is 13.1 Å². The number of hydrogen-bond acceptors (Lipinski definition) is 4. The molecule has 0 bridgehead atoms. The quantitative estimate of drug-likeness (QED) is 0.833. The number of nitrogens with zero attached hydrogens (tertiary/aromatic N) is 3. The minimum absolute atomic E-state index is 0.183. The van der Waals surface area contributed by atoms with Gasteiger partial charge in [0.05, 0.1) is 0 Å². The van der Waals surface area contributed by atoms with Crippen molar-refractivity contribution in [3.63, 3.8) is 0 Å². The Kier molecular flexibility index (Phi) is 5.30. The highest BCUT2D eigenvalue weighted by atomic mass is 16.5. The highest BCUT2D eigenvalue weighted by Gasteiger charge is 2.16. The first kappa shape index (κ1) is 15.8.